The summed E-state index contributed by atoms with van der Waals surface area (Å²) in [4.78, 5) is 25.9. The third-order valence-electron chi connectivity index (χ3n) is 4.32. The van der Waals surface area contributed by atoms with Gasteiger partial charge in [-0.25, -0.2) is 4.79 Å². The first-order chi connectivity index (χ1) is 12.2. The maximum atomic E-state index is 12.5. The zero-order valence-corrected chi connectivity index (χ0v) is 15.0. The number of nitrogens with zero attached hydrogens (tertiary/aromatic N) is 1. The van der Waals surface area contributed by atoms with Crippen LogP contribution in [0, 0.1) is 5.92 Å². The molecule has 3 unspecified atom stereocenters. The fraction of sp³-hybridized carbons (Fsp3) is 0.579. The van der Waals surface area contributed by atoms with E-state index in [4.69, 9.17) is 11.3 Å². The summed E-state index contributed by atoms with van der Waals surface area (Å²) >= 11 is 0. The van der Waals surface area contributed by atoms with Crippen LogP contribution in [0.1, 0.15) is 39.2 Å². The number of aliphatic hydroxyl groups is 1. The fourth-order valence-electron chi connectivity index (χ4n) is 3.16. The Morgan fingerprint density at radius 3 is 2.60 bits per heavy atom. The number of benzene rings is 1. The summed E-state index contributed by atoms with van der Waals surface area (Å²) in [5.74, 6) is -1.97. The number of aliphatic hydroxyl groups excluding tert-OH is 1. The van der Waals surface area contributed by atoms with E-state index in [0.717, 1.165) is 12.0 Å². The lowest BCUT2D eigenvalue weighted by molar-refractivity contribution is -0.147. The molecule has 138 valence electrons. The van der Waals surface area contributed by atoms with Crippen LogP contribution in [-0.4, -0.2) is 52.9 Å². The van der Waals surface area contributed by atoms with Gasteiger partial charge < -0.3 is 19.9 Å². The predicted molar refractivity (Wildman–Crippen MR) is 93.2 cm³/mol. The maximum absolute atomic E-state index is 12.5. The summed E-state index contributed by atoms with van der Waals surface area (Å²) < 4.78 is 12.9. The monoisotopic (exact) mass is 351 g/mol. The van der Waals surface area contributed by atoms with Crippen LogP contribution in [0.3, 0.4) is 0 Å². The first-order valence-electron chi connectivity index (χ1n) is 9.02. The van der Waals surface area contributed by atoms with Gasteiger partial charge in [0.1, 0.15) is 5.60 Å². The van der Waals surface area contributed by atoms with Crippen molar-refractivity contribution in [2.45, 2.75) is 57.8 Å². The molecule has 6 heteroatoms. The van der Waals surface area contributed by atoms with E-state index in [2.05, 4.69) is 0 Å². The van der Waals surface area contributed by atoms with Gasteiger partial charge in [0.2, 0.25) is 1.43 Å². The van der Waals surface area contributed by atoms with Crippen LogP contribution >= 0.6 is 0 Å². The van der Waals surface area contributed by atoms with E-state index in [1.54, 1.807) is 20.8 Å². The highest BCUT2D eigenvalue weighted by Gasteiger charge is 2.41. The second-order valence-corrected chi connectivity index (χ2v) is 7.48. The average Bonchev–Trinajstić information content (AvgIpc) is 3.03. The molecule has 0 saturated carbocycles. The smallest absolute Gasteiger partial charge is 0.410 e. The summed E-state index contributed by atoms with van der Waals surface area (Å²) in [7, 11) is 0. The first kappa shape index (κ1) is 17.7. The van der Waals surface area contributed by atoms with E-state index in [-0.39, 0.29) is 6.42 Å². The van der Waals surface area contributed by atoms with Crippen molar-refractivity contribution >= 4 is 12.1 Å². The molecule has 1 fully saturated rings. The molecule has 1 heterocycles. The van der Waals surface area contributed by atoms with Crippen LogP contribution in [0.25, 0.3) is 0 Å². The molecule has 0 aromatic heterocycles. The number of ether oxygens (including phenoxy) is 1. The molecule has 1 saturated heterocycles. The molecule has 1 aliphatic heterocycles. The molecule has 1 aromatic carbocycles. The van der Waals surface area contributed by atoms with E-state index in [1.165, 1.54) is 4.90 Å². The molecule has 0 aliphatic carbocycles. The first-order valence-corrected chi connectivity index (χ1v) is 8.61. The Labute approximate surface area is 149 Å². The molecule has 1 amide bonds. The molecule has 2 N–H and O–H groups in total. The second kappa shape index (κ2) is 7.87. The van der Waals surface area contributed by atoms with Gasteiger partial charge in [-0.1, -0.05) is 30.3 Å². The number of hydrogen-bond acceptors (Lipinski definition) is 4. The third kappa shape index (κ3) is 5.19. The van der Waals surface area contributed by atoms with Gasteiger partial charge in [-0.05, 0) is 45.6 Å². The number of aliphatic carboxylic acids is 1. The minimum atomic E-state index is -1.04. The van der Waals surface area contributed by atoms with E-state index in [1.807, 2.05) is 30.3 Å². The van der Waals surface area contributed by atoms with Crippen molar-refractivity contribution in [1.29, 1.82) is 1.43 Å². The number of rotatable bonds is 6. The minimum absolute atomic E-state index is 0.235. The van der Waals surface area contributed by atoms with Gasteiger partial charge in [0, 0.05) is 6.54 Å². The van der Waals surface area contributed by atoms with E-state index >= 15 is 0 Å². The zero-order chi connectivity index (χ0) is 19.3. The molecular formula is C19H27NO5. The summed E-state index contributed by atoms with van der Waals surface area (Å²) in [6.07, 6.45) is 0.120. The quantitative estimate of drug-likeness (QED) is 0.823. The van der Waals surface area contributed by atoms with Gasteiger partial charge in [-0.15, -0.1) is 0 Å². The van der Waals surface area contributed by atoms with E-state index in [9.17, 15) is 14.7 Å². The Morgan fingerprint density at radius 2 is 2.04 bits per heavy atom. The van der Waals surface area contributed by atoms with Crippen molar-refractivity contribution in [2.24, 2.45) is 5.92 Å². The molecule has 0 radical (unpaired) electrons. The van der Waals surface area contributed by atoms with Crippen molar-refractivity contribution < 1.29 is 24.5 Å². The molecule has 25 heavy (non-hydrogen) atoms. The van der Waals surface area contributed by atoms with Crippen LogP contribution in [0.15, 0.2) is 30.3 Å². The Morgan fingerprint density at radius 1 is 1.36 bits per heavy atom. The van der Waals surface area contributed by atoms with Crippen molar-refractivity contribution in [1.82, 2.24) is 4.90 Å². The van der Waals surface area contributed by atoms with Crippen molar-refractivity contribution in [3.8, 4) is 0 Å². The van der Waals surface area contributed by atoms with Crippen molar-refractivity contribution in [2.75, 3.05) is 6.54 Å². The minimum Gasteiger partial charge on any atom is -0.481 e. The summed E-state index contributed by atoms with van der Waals surface area (Å²) in [5, 5.41) is 14.6. The number of carbonyl (C=O) groups is 2. The normalized spacial score (nSPS) is 20.7. The molecule has 3 atom stereocenters. The second-order valence-electron chi connectivity index (χ2n) is 7.48. The highest BCUT2D eigenvalue weighted by molar-refractivity contribution is 5.72. The van der Waals surface area contributed by atoms with Crippen LogP contribution in [0.5, 0.6) is 0 Å². The van der Waals surface area contributed by atoms with Crippen molar-refractivity contribution in [3.05, 3.63) is 35.9 Å². The van der Waals surface area contributed by atoms with E-state index < -0.39 is 35.7 Å². The SMILES string of the molecule is [3H]OC(C(Cc1ccccc1)C(=O)O)C1CCCN1C(=O)OC(C)(C)C. The van der Waals surface area contributed by atoms with Crippen LogP contribution < -0.4 is 0 Å². The van der Waals surface area contributed by atoms with Crippen molar-refractivity contribution in [3.63, 3.8) is 0 Å². The zero-order valence-electron chi connectivity index (χ0n) is 16.0. The standard InChI is InChI=1S/C19H27NO5/c1-19(2,3)25-18(24)20-11-7-10-15(20)16(21)14(17(22)23)12-13-8-5-4-6-9-13/h4-6,8-9,14-16,21H,7,10-12H2,1-3H3,(H,22,23)/i21T. The fourth-order valence-corrected chi connectivity index (χ4v) is 3.16. The number of amides is 1. The Hall–Kier alpha value is -2.08. The number of carboxylic acid groups (broad SMARTS) is 1. The Bertz CT molecular complexity index is 616. The maximum Gasteiger partial charge on any atom is 0.410 e. The molecule has 6 nitrogen and oxygen atoms in total. The largest absolute Gasteiger partial charge is 0.481 e. The van der Waals surface area contributed by atoms with Crippen LogP contribution in [0.4, 0.5) is 4.79 Å². The van der Waals surface area contributed by atoms with E-state index in [0.29, 0.717) is 13.0 Å². The molecule has 2 rings (SSSR count). The molecular weight excluding hydrogens is 322 g/mol. The highest BCUT2D eigenvalue weighted by Crippen LogP contribution is 2.28. The van der Waals surface area contributed by atoms with Gasteiger partial charge in [-0.3, -0.25) is 4.79 Å². The van der Waals surface area contributed by atoms with Gasteiger partial charge in [0.05, 0.1) is 18.1 Å². The van der Waals surface area contributed by atoms with Gasteiger partial charge >= 0.3 is 12.1 Å². The third-order valence-corrected chi connectivity index (χ3v) is 4.32. The lowest BCUT2D eigenvalue weighted by Crippen LogP contribution is -2.49. The van der Waals surface area contributed by atoms with Gasteiger partial charge in [-0.2, -0.15) is 0 Å². The predicted octanol–water partition coefficient (Wildman–Crippen LogP) is 2.69. The molecule has 1 aliphatic rings. The highest BCUT2D eigenvalue weighted by atomic mass is 16.6. The van der Waals surface area contributed by atoms with Gasteiger partial charge in [0.25, 0.3) is 0 Å². The van der Waals surface area contributed by atoms with Gasteiger partial charge in [0.15, 0.2) is 0 Å². The summed E-state index contributed by atoms with van der Waals surface area (Å²) in [6.45, 7) is 5.81. The summed E-state index contributed by atoms with van der Waals surface area (Å²) in [5.41, 5.74) is 0.210. The molecule has 1 aromatic rings. The number of carbonyl (C=O) groups excluding carboxylic acids is 1. The summed E-state index contributed by atoms with van der Waals surface area (Å²) in [6, 6.07) is 8.74. The molecule has 0 spiro atoms. The number of hydrogen-bond donors (Lipinski definition) is 2. The lowest BCUT2D eigenvalue weighted by Gasteiger charge is -2.33. The lowest BCUT2D eigenvalue weighted by atomic mass is 9.89. The van der Waals surface area contributed by atoms with Crippen LogP contribution in [0.2, 0.25) is 0 Å². The Balaban J connectivity index is 2.19. The number of carboxylic acids is 1. The topological polar surface area (TPSA) is 87.1 Å². The molecule has 0 bridgehead atoms. The average molecular weight is 351 g/mol. The Kier molecular flexibility index (Phi) is 5.58. The van der Waals surface area contributed by atoms with Crippen LogP contribution in [-0.2, 0) is 16.0 Å². The number of likely N-dealkylation sites (tertiary alicyclic amines) is 1.